The largest absolute Gasteiger partial charge is 0.333 e. The third kappa shape index (κ3) is 4.11. The Bertz CT molecular complexity index is 191. The van der Waals surface area contributed by atoms with Crippen LogP contribution in [-0.2, 0) is 6.42 Å². The molecule has 0 atom stereocenters. The molecule has 0 aromatic heterocycles. The monoisotopic (exact) mass is 166 g/mol. The van der Waals surface area contributed by atoms with Gasteiger partial charge in [-0.05, 0) is 32.5 Å². The highest BCUT2D eigenvalue weighted by Gasteiger charge is 1.88. The molecule has 0 saturated heterocycles. The molecule has 68 valence electrons. The molecule has 0 unspecified atom stereocenters. The van der Waals surface area contributed by atoms with Gasteiger partial charge in [0, 0.05) is 0 Å². The lowest BCUT2D eigenvalue weighted by Gasteiger charge is -1.97. The van der Waals surface area contributed by atoms with Gasteiger partial charge < -0.3 is 11.5 Å². The van der Waals surface area contributed by atoms with E-state index in [0.717, 1.165) is 13.0 Å². The molecular formula is C10H18N2. The van der Waals surface area contributed by atoms with Gasteiger partial charge in [-0.2, -0.15) is 0 Å². The summed E-state index contributed by atoms with van der Waals surface area (Å²) in [5.74, 6) is 0. The standard InChI is InChI=1S/C9H13N.CH5N/c1-8-2-4-9(5-3-8)6-7-10;1-2/h2-5H,6-7,10H2,1H3;2H2,1H3. The second-order valence-electron chi connectivity index (χ2n) is 2.52. The molecule has 2 nitrogen and oxygen atoms in total. The minimum absolute atomic E-state index is 0.739. The van der Waals surface area contributed by atoms with Crippen molar-refractivity contribution < 1.29 is 0 Å². The molecule has 2 heteroatoms. The van der Waals surface area contributed by atoms with Gasteiger partial charge in [-0.1, -0.05) is 29.8 Å². The number of benzene rings is 1. The zero-order chi connectivity index (χ0) is 9.40. The maximum Gasteiger partial charge on any atom is -0.00367 e. The first-order chi connectivity index (χ1) is 5.83. The van der Waals surface area contributed by atoms with E-state index in [4.69, 9.17) is 5.73 Å². The van der Waals surface area contributed by atoms with Crippen LogP contribution in [0.25, 0.3) is 0 Å². The average molecular weight is 166 g/mol. The third-order valence-electron chi connectivity index (χ3n) is 1.55. The van der Waals surface area contributed by atoms with Crippen LogP contribution >= 0.6 is 0 Å². The molecule has 12 heavy (non-hydrogen) atoms. The molecule has 0 aliphatic heterocycles. The summed E-state index contributed by atoms with van der Waals surface area (Å²) in [5.41, 5.74) is 12.5. The smallest absolute Gasteiger partial charge is 0.00367 e. The molecule has 1 aromatic carbocycles. The summed E-state index contributed by atoms with van der Waals surface area (Å²) in [4.78, 5) is 0. The van der Waals surface area contributed by atoms with Crippen molar-refractivity contribution in [2.45, 2.75) is 13.3 Å². The quantitative estimate of drug-likeness (QED) is 0.690. The normalized spacial score (nSPS) is 8.67. The molecule has 0 aliphatic rings. The fourth-order valence-electron chi connectivity index (χ4n) is 0.921. The minimum atomic E-state index is 0.739. The predicted molar refractivity (Wildman–Crippen MR) is 54.0 cm³/mol. The SMILES string of the molecule is CN.Cc1ccc(CCN)cc1. The van der Waals surface area contributed by atoms with Crippen LogP contribution in [-0.4, -0.2) is 13.6 Å². The van der Waals surface area contributed by atoms with E-state index in [-0.39, 0.29) is 0 Å². The van der Waals surface area contributed by atoms with Crippen LogP contribution in [0.2, 0.25) is 0 Å². The highest BCUT2D eigenvalue weighted by molar-refractivity contribution is 5.21. The van der Waals surface area contributed by atoms with Gasteiger partial charge in [0.05, 0.1) is 0 Å². The lowest BCUT2D eigenvalue weighted by Crippen LogP contribution is -2.02. The van der Waals surface area contributed by atoms with Crippen molar-refractivity contribution in [3.05, 3.63) is 35.4 Å². The summed E-state index contributed by atoms with van der Waals surface area (Å²) in [7, 11) is 1.50. The van der Waals surface area contributed by atoms with E-state index in [1.807, 2.05) is 0 Å². The van der Waals surface area contributed by atoms with Crippen molar-refractivity contribution in [3.8, 4) is 0 Å². The Morgan fingerprint density at radius 2 is 1.58 bits per heavy atom. The fraction of sp³-hybridized carbons (Fsp3) is 0.400. The molecule has 4 N–H and O–H groups in total. The van der Waals surface area contributed by atoms with Crippen LogP contribution < -0.4 is 11.5 Å². The maximum atomic E-state index is 5.40. The number of aryl methyl sites for hydroxylation is 1. The molecule has 0 fully saturated rings. The van der Waals surface area contributed by atoms with Gasteiger partial charge in [0.1, 0.15) is 0 Å². The molecule has 0 bridgehead atoms. The summed E-state index contributed by atoms with van der Waals surface area (Å²) < 4.78 is 0. The first-order valence-corrected chi connectivity index (χ1v) is 4.16. The summed E-state index contributed by atoms with van der Waals surface area (Å²) in [6.07, 6.45) is 0.986. The van der Waals surface area contributed by atoms with Crippen LogP contribution in [0.4, 0.5) is 0 Å². The molecule has 0 amide bonds. The van der Waals surface area contributed by atoms with Crippen molar-refractivity contribution >= 4 is 0 Å². The highest BCUT2D eigenvalue weighted by Crippen LogP contribution is 2.02. The van der Waals surface area contributed by atoms with Crippen molar-refractivity contribution in [1.82, 2.24) is 0 Å². The van der Waals surface area contributed by atoms with Gasteiger partial charge in [0.15, 0.2) is 0 Å². The molecule has 0 spiro atoms. The Morgan fingerprint density at radius 1 is 1.08 bits per heavy atom. The van der Waals surface area contributed by atoms with Crippen molar-refractivity contribution in [1.29, 1.82) is 0 Å². The molecule has 1 rings (SSSR count). The fourth-order valence-corrected chi connectivity index (χ4v) is 0.921. The Hall–Kier alpha value is -0.860. The van der Waals surface area contributed by atoms with Crippen LogP contribution in [0, 0.1) is 6.92 Å². The number of hydrogen-bond acceptors (Lipinski definition) is 2. The Kier molecular flexibility index (Phi) is 6.34. The number of hydrogen-bond donors (Lipinski definition) is 2. The summed E-state index contributed by atoms with van der Waals surface area (Å²) in [6, 6.07) is 8.49. The highest BCUT2D eigenvalue weighted by atomic mass is 14.5. The Labute approximate surface area is 74.6 Å². The zero-order valence-corrected chi connectivity index (χ0v) is 7.88. The Morgan fingerprint density at radius 3 is 2.00 bits per heavy atom. The number of nitrogens with two attached hydrogens (primary N) is 2. The van der Waals surface area contributed by atoms with E-state index >= 15 is 0 Å². The minimum Gasteiger partial charge on any atom is -0.333 e. The van der Waals surface area contributed by atoms with Gasteiger partial charge >= 0.3 is 0 Å². The molecule has 1 aromatic rings. The second-order valence-corrected chi connectivity index (χ2v) is 2.52. The van der Waals surface area contributed by atoms with E-state index in [2.05, 4.69) is 36.9 Å². The molecule has 0 aliphatic carbocycles. The van der Waals surface area contributed by atoms with Gasteiger partial charge in [-0.25, -0.2) is 0 Å². The Balaban J connectivity index is 0.000000561. The summed E-state index contributed by atoms with van der Waals surface area (Å²) in [6.45, 7) is 2.83. The van der Waals surface area contributed by atoms with E-state index in [1.54, 1.807) is 0 Å². The summed E-state index contributed by atoms with van der Waals surface area (Å²) in [5, 5.41) is 0. The van der Waals surface area contributed by atoms with Gasteiger partial charge in [-0.15, -0.1) is 0 Å². The van der Waals surface area contributed by atoms with Crippen LogP contribution in [0.1, 0.15) is 11.1 Å². The average Bonchev–Trinajstić information content (AvgIpc) is 2.13. The zero-order valence-electron chi connectivity index (χ0n) is 7.88. The topological polar surface area (TPSA) is 52.0 Å². The second kappa shape index (κ2) is 6.83. The van der Waals surface area contributed by atoms with Crippen LogP contribution in [0.3, 0.4) is 0 Å². The van der Waals surface area contributed by atoms with E-state index in [1.165, 1.54) is 18.2 Å². The van der Waals surface area contributed by atoms with Gasteiger partial charge in [0.2, 0.25) is 0 Å². The third-order valence-corrected chi connectivity index (χ3v) is 1.55. The van der Waals surface area contributed by atoms with Crippen molar-refractivity contribution in [2.24, 2.45) is 11.5 Å². The van der Waals surface area contributed by atoms with Crippen molar-refractivity contribution in [3.63, 3.8) is 0 Å². The van der Waals surface area contributed by atoms with E-state index in [9.17, 15) is 0 Å². The van der Waals surface area contributed by atoms with Gasteiger partial charge in [-0.3, -0.25) is 0 Å². The molecule has 0 heterocycles. The maximum absolute atomic E-state index is 5.40. The lowest BCUT2D eigenvalue weighted by molar-refractivity contribution is 0.968. The number of rotatable bonds is 2. The van der Waals surface area contributed by atoms with Crippen molar-refractivity contribution in [2.75, 3.05) is 13.6 Å². The van der Waals surface area contributed by atoms with Crippen LogP contribution in [0.15, 0.2) is 24.3 Å². The molecule has 0 radical (unpaired) electrons. The first kappa shape index (κ1) is 11.1. The molecular weight excluding hydrogens is 148 g/mol. The predicted octanol–water partition coefficient (Wildman–Crippen LogP) is 1.07. The van der Waals surface area contributed by atoms with E-state index in [0.29, 0.717) is 0 Å². The molecule has 0 saturated carbocycles. The van der Waals surface area contributed by atoms with E-state index < -0.39 is 0 Å². The lowest BCUT2D eigenvalue weighted by atomic mass is 10.1. The van der Waals surface area contributed by atoms with Crippen LogP contribution in [0.5, 0.6) is 0 Å². The first-order valence-electron chi connectivity index (χ1n) is 4.16. The summed E-state index contributed by atoms with van der Waals surface area (Å²) >= 11 is 0. The van der Waals surface area contributed by atoms with Gasteiger partial charge in [0.25, 0.3) is 0 Å².